The van der Waals surface area contributed by atoms with Gasteiger partial charge in [0.05, 0.1) is 0 Å². The van der Waals surface area contributed by atoms with Crippen LogP contribution < -0.4 is 5.32 Å². The zero-order valence-corrected chi connectivity index (χ0v) is 10.9. The first-order chi connectivity index (χ1) is 8.40. The van der Waals surface area contributed by atoms with Crippen LogP contribution in [0.15, 0.2) is 30.3 Å². The van der Waals surface area contributed by atoms with E-state index in [1.54, 1.807) is 20.8 Å². The zero-order valence-electron chi connectivity index (χ0n) is 10.9. The molecule has 18 heavy (non-hydrogen) atoms. The number of benzene rings is 1. The highest BCUT2D eigenvalue weighted by atomic mass is 16.6. The van der Waals surface area contributed by atoms with E-state index in [0.29, 0.717) is 12.7 Å². The highest BCUT2D eigenvalue weighted by Gasteiger charge is 2.19. The van der Waals surface area contributed by atoms with Gasteiger partial charge in [-0.15, -0.1) is 0 Å². The van der Waals surface area contributed by atoms with Crippen molar-refractivity contribution in [1.82, 2.24) is 5.32 Å². The molecule has 1 aromatic carbocycles. The van der Waals surface area contributed by atoms with Gasteiger partial charge >= 0.3 is 6.09 Å². The molecular formula is C14H18NO3. The average molecular weight is 248 g/mol. The number of aldehydes is 1. The van der Waals surface area contributed by atoms with E-state index in [2.05, 4.69) is 5.32 Å². The lowest BCUT2D eigenvalue weighted by atomic mass is 10.1. The van der Waals surface area contributed by atoms with Crippen LogP contribution in [0.3, 0.4) is 0 Å². The SMILES string of the molecule is CC(C)(C)OC(=O)N[C](C=O)Cc1ccccc1. The highest BCUT2D eigenvalue weighted by Crippen LogP contribution is 2.10. The summed E-state index contributed by atoms with van der Waals surface area (Å²) >= 11 is 0. The molecular weight excluding hydrogens is 230 g/mol. The van der Waals surface area contributed by atoms with E-state index < -0.39 is 11.7 Å². The van der Waals surface area contributed by atoms with E-state index in [1.165, 1.54) is 0 Å². The molecule has 0 aliphatic heterocycles. The van der Waals surface area contributed by atoms with E-state index in [4.69, 9.17) is 4.74 Å². The molecule has 0 saturated carbocycles. The number of alkyl carbamates (subject to hydrolysis) is 1. The summed E-state index contributed by atoms with van der Waals surface area (Å²) in [7, 11) is 0. The Bertz CT molecular complexity index is 395. The lowest BCUT2D eigenvalue weighted by Crippen LogP contribution is -2.36. The summed E-state index contributed by atoms with van der Waals surface area (Å²) in [5, 5.41) is 2.46. The number of hydrogen-bond donors (Lipinski definition) is 1. The summed E-state index contributed by atoms with van der Waals surface area (Å²) in [4.78, 5) is 22.4. The average Bonchev–Trinajstić information content (AvgIpc) is 2.27. The van der Waals surface area contributed by atoms with E-state index in [-0.39, 0.29) is 6.04 Å². The molecule has 1 radical (unpaired) electrons. The third kappa shape index (κ3) is 5.48. The predicted octanol–water partition coefficient (Wildman–Crippen LogP) is 2.48. The quantitative estimate of drug-likeness (QED) is 0.833. The summed E-state index contributed by atoms with van der Waals surface area (Å²) in [6.07, 6.45) is 0.404. The summed E-state index contributed by atoms with van der Waals surface area (Å²) in [6, 6.07) is 9.72. The number of carbonyl (C=O) groups excluding carboxylic acids is 2. The second-order valence-electron chi connectivity index (χ2n) is 4.93. The Morgan fingerprint density at radius 2 is 1.89 bits per heavy atom. The molecule has 4 nitrogen and oxygen atoms in total. The maximum absolute atomic E-state index is 11.5. The molecule has 0 saturated heterocycles. The van der Waals surface area contributed by atoms with Crippen molar-refractivity contribution in [3.05, 3.63) is 41.9 Å². The summed E-state index contributed by atoms with van der Waals surface area (Å²) in [5.74, 6) is 0. The monoisotopic (exact) mass is 248 g/mol. The van der Waals surface area contributed by atoms with Crippen molar-refractivity contribution in [2.45, 2.75) is 32.8 Å². The van der Waals surface area contributed by atoms with Crippen molar-refractivity contribution in [2.24, 2.45) is 0 Å². The Morgan fingerprint density at radius 3 is 2.39 bits per heavy atom. The van der Waals surface area contributed by atoms with Gasteiger partial charge in [-0.1, -0.05) is 30.3 Å². The zero-order chi connectivity index (χ0) is 13.6. The van der Waals surface area contributed by atoms with Crippen LogP contribution in [0.25, 0.3) is 0 Å². The predicted molar refractivity (Wildman–Crippen MR) is 68.8 cm³/mol. The Morgan fingerprint density at radius 1 is 1.28 bits per heavy atom. The van der Waals surface area contributed by atoms with Crippen LogP contribution in [0.4, 0.5) is 4.79 Å². The van der Waals surface area contributed by atoms with Crippen molar-refractivity contribution in [1.29, 1.82) is 0 Å². The van der Waals surface area contributed by atoms with Crippen molar-refractivity contribution >= 4 is 12.4 Å². The first-order valence-corrected chi connectivity index (χ1v) is 5.75. The van der Waals surface area contributed by atoms with E-state index >= 15 is 0 Å². The van der Waals surface area contributed by atoms with Crippen LogP contribution in [0, 0.1) is 6.04 Å². The normalized spacial score (nSPS) is 11.1. The molecule has 1 N–H and O–H groups in total. The molecule has 0 aromatic heterocycles. The smallest absolute Gasteiger partial charge is 0.408 e. The minimum absolute atomic E-state index is 0.287. The molecule has 0 heterocycles. The fourth-order valence-corrected chi connectivity index (χ4v) is 1.37. The van der Waals surface area contributed by atoms with Crippen molar-refractivity contribution in [3.63, 3.8) is 0 Å². The molecule has 4 heteroatoms. The summed E-state index contributed by atoms with van der Waals surface area (Å²) in [6.45, 7) is 5.30. The Balaban J connectivity index is 2.53. The molecule has 1 aromatic rings. The van der Waals surface area contributed by atoms with Crippen LogP contribution in [0.1, 0.15) is 26.3 Å². The molecule has 0 fully saturated rings. The van der Waals surface area contributed by atoms with Crippen molar-refractivity contribution in [3.8, 4) is 0 Å². The number of rotatable bonds is 4. The maximum Gasteiger partial charge on any atom is 0.408 e. The van der Waals surface area contributed by atoms with E-state index in [1.807, 2.05) is 30.3 Å². The first kappa shape index (κ1) is 14.2. The Hall–Kier alpha value is -1.84. The third-order valence-electron chi connectivity index (χ3n) is 2.04. The fourth-order valence-electron chi connectivity index (χ4n) is 1.37. The van der Waals surface area contributed by atoms with Gasteiger partial charge in [0.25, 0.3) is 0 Å². The molecule has 0 spiro atoms. The fraction of sp³-hybridized carbons (Fsp3) is 0.357. The van der Waals surface area contributed by atoms with Gasteiger partial charge in [0.15, 0.2) is 0 Å². The lowest BCUT2D eigenvalue weighted by Gasteiger charge is -2.21. The van der Waals surface area contributed by atoms with Crippen LogP contribution >= 0.6 is 0 Å². The van der Waals surface area contributed by atoms with Crippen LogP contribution in [0.5, 0.6) is 0 Å². The van der Waals surface area contributed by atoms with Gasteiger partial charge in [-0.05, 0) is 26.3 Å². The third-order valence-corrected chi connectivity index (χ3v) is 2.04. The minimum atomic E-state index is -0.611. The Kier molecular flexibility index (Phi) is 4.89. The first-order valence-electron chi connectivity index (χ1n) is 5.75. The van der Waals surface area contributed by atoms with Gasteiger partial charge in [0, 0.05) is 6.42 Å². The van der Waals surface area contributed by atoms with Gasteiger partial charge in [0.1, 0.15) is 17.9 Å². The van der Waals surface area contributed by atoms with Crippen LogP contribution in [-0.4, -0.2) is 18.0 Å². The molecule has 97 valence electrons. The number of amides is 1. The molecule has 0 unspecified atom stereocenters. The van der Waals surface area contributed by atoms with Crippen LogP contribution in [-0.2, 0) is 16.0 Å². The number of nitrogens with one attached hydrogen (secondary N) is 1. The second kappa shape index (κ2) is 6.19. The van der Waals surface area contributed by atoms with Crippen LogP contribution in [0.2, 0.25) is 0 Å². The highest BCUT2D eigenvalue weighted by molar-refractivity contribution is 5.79. The maximum atomic E-state index is 11.5. The second-order valence-corrected chi connectivity index (χ2v) is 4.93. The van der Waals surface area contributed by atoms with Gasteiger partial charge < -0.3 is 14.8 Å². The van der Waals surface area contributed by atoms with E-state index in [0.717, 1.165) is 5.56 Å². The molecule has 1 rings (SSSR count). The molecule has 0 atom stereocenters. The minimum Gasteiger partial charge on any atom is -0.444 e. The number of ether oxygens (including phenoxy) is 1. The largest absolute Gasteiger partial charge is 0.444 e. The topological polar surface area (TPSA) is 55.4 Å². The summed E-state index contributed by atoms with van der Waals surface area (Å²) in [5.41, 5.74) is 0.376. The molecule has 0 aliphatic carbocycles. The van der Waals surface area contributed by atoms with Crippen molar-refractivity contribution < 1.29 is 14.3 Å². The lowest BCUT2D eigenvalue weighted by molar-refractivity contribution is -0.107. The summed E-state index contributed by atoms with van der Waals surface area (Å²) < 4.78 is 5.08. The van der Waals surface area contributed by atoms with Gasteiger partial charge in [-0.3, -0.25) is 0 Å². The number of carbonyl (C=O) groups is 2. The molecule has 0 aliphatic rings. The van der Waals surface area contributed by atoms with Gasteiger partial charge in [-0.25, -0.2) is 4.79 Å². The van der Waals surface area contributed by atoms with Crippen molar-refractivity contribution in [2.75, 3.05) is 0 Å². The van der Waals surface area contributed by atoms with Gasteiger partial charge in [0.2, 0.25) is 0 Å². The Labute approximate surface area is 107 Å². The van der Waals surface area contributed by atoms with E-state index in [9.17, 15) is 9.59 Å². The standard InChI is InChI=1S/C14H18NO3/c1-14(2,3)18-13(17)15-12(10-16)9-11-7-5-4-6-8-11/h4-8,10H,9H2,1-3H3,(H,15,17). The van der Waals surface area contributed by atoms with Gasteiger partial charge in [-0.2, -0.15) is 0 Å². The number of hydrogen-bond acceptors (Lipinski definition) is 3. The molecule has 1 amide bonds. The molecule has 0 bridgehead atoms.